The van der Waals surface area contributed by atoms with Crippen molar-refractivity contribution in [3.63, 3.8) is 0 Å². The molecule has 0 fully saturated rings. The lowest BCUT2D eigenvalue weighted by Gasteiger charge is -2.10. The topological polar surface area (TPSA) is 100 Å². The smallest absolute Gasteiger partial charge is 0.343 e. The number of nitro groups is 1. The molecule has 138 valence electrons. The molecule has 0 spiro atoms. The van der Waals surface area contributed by atoms with Crippen LogP contribution in [0.25, 0.3) is 16.7 Å². The molecule has 4 rings (SSSR count). The van der Waals surface area contributed by atoms with Gasteiger partial charge in [-0.3, -0.25) is 10.1 Å². The first kappa shape index (κ1) is 17.3. The maximum atomic E-state index is 12.6. The van der Waals surface area contributed by atoms with Crippen molar-refractivity contribution >= 4 is 22.7 Å². The average molecular weight is 374 g/mol. The first-order valence-corrected chi connectivity index (χ1v) is 8.41. The second-order valence-electron chi connectivity index (χ2n) is 6.15. The minimum absolute atomic E-state index is 0.0836. The monoisotopic (exact) mass is 374 g/mol. The first-order chi connectivity index (χ1) is 13.5. The van der Waals surface area contributed by atoms with E-state index in [1.54, 1.807) is 12.1 Å². The molecular formula is C20H14N4O4. The molecule has 8 nitrogen and oxygen atoms in total. The Balaban J connectivity index is 1.71. The summed E-state index contributed by atoms with van der Waals surface area (Å²) in [6, 6.07) is 18.1. The number of aryl methyl sites for hydroxylation is 1. The van der Waals surface area contributed by atoms with Crippen LogP contribution in [-0.4, -0.2) is 25.9 Å². The molecular weight excluding hydrogens is 360 g/mol. The number of fused-ring (bicyclic) bond motifs is 1. The molecule has 0 aliphatic heterocycles. The Hall–Kier alpha value is -4.07. The van der Waals surface area contributed by atoms with Crippen LogP contribution < -0.4 is 4.74 Å². The largest absolute Gasteiger partial charge is 0.421 e. The Kier molecular flexibility index (Phi) is 4.29. The summed E-state index contributed by atoms with van der Waals surface area (Å²) in [5.74, 6) is -0.441. The molecule has 0 bridgehead atoms. The fraction of sp³-hybridized carbons (Fsp3) is 0.0500. The molecule has 0 aliphatic carbocycles. The fourth-order valence-electron chi connectivity index (χ4n) is 2.74. The zero-order valence-corrected chi connectivity index (χ0v) is 14.8. The van der Waals surface area contributed by atoms with Crippen LogP contribution in [0.3, 0.4) is 0 Å². The Morgan fingerprint density at radius 1 is 1.00 bits per heavy atom. The first-order valence-electron chi connectivity index (χ1n) is 8.41. The Morgan fingerprint density at radius 3 is 2.39 bits per heavy atom. The summed E-state index contributed by atoms with van der Waals surface area (Å²) >= 11 is 0. The summed E-state index contributed by atoms with van der Waals surface area (Å²) in [7, 11) is 0. The second kappa shape index (κ2) is 6.92. The van der Waals surface area contributed by atoms with Crippen LogP contribution in [0.1, 0.15) is 15.9 Å². The van der Waals surface area contributed by atoms with Gasteiger partial charge in [0.15, 0.2) is 5.75 Å². The van der Waals surface area contributed by atoms with Gasteiger partial charge in [0.25, 0.3) is 5.69 Å². The maximum Gasteiger partial charge on any atom is 0.343 e. The van der Waals surface area contributed by atoms with Gasteiger partial charge in [-0.25, -0.2) is 4.79 Å². The number of hydrogen-bond donors (Lipinski definition) is 0. The van der Waals surface area contributed by atoms with E-state index in [9.17, 15) is 14.9 Å². The van der Waals surface area contributed by atoms with Gasteiger partial charge in [0.1, 0.15) is 16.7 Å². The van der Waals surface area contributed by atoms with Gasteiger partial charge in [-0.15, -0.1) is 15.0 Å². The lowest BCUT2D eigenvalue weighted by atomic mass is 10.2. The minimum Gasteiger partial charge on any atom is -0.421 e. The summed E-state index contributed by atoms with van der Waals surface area (Å²) < 4.78 is 5.54. The number of non-ortho nitro benzene ring substituents is 1. The maximum absolute atomic E-state index is 12.6. The van der Waals surface area contributed by atoms with E-state index in [4.69, 9.17) is 4.74 Å². The van der Waals surface area contributed by atoms with E-state index in [1.807, 2.05) is 37.3 Å². The standard InChI is InChI=1S/C20H14N4O4/c1-13-9-10-18(23-21-16-7-2-3-8-17(16)22-23)19(11-13)28-20(25)14-5-4-6-15(12-14)24(26)27/h2-12H,1H3. The molecule has 0 saturated carbocycles. The predicted octanol–water partition coefficient (Wildman–Crippen LogP) is 3.86. The number of aromatic nitrogens is 3. The molecule has 0 atom stereocenters. The highest BCUT2D eigenvalue weighted by Crippen LogP contribution is 2.26. The highest BCUT2D eigenvalue weighted by molar-refractivity contribution is 5.92. The summed E-state index contributed by atoms with van der Waals surface area (Å²) in [5, 5.41) is 19.8. The van der Waals surface area contributed by atoms with E-state index in [1.165, 1.54) is 29.1 Å². The average Bonchev–Trinajstić information content (AvgIpc) is 3.12. The van der Waals surface area contributed by atoms with Crippen molar-refractivity contribution in [2.45, 2.75) is 6.92 Å². The van der Waals surface area contributed by atoms with Gasteiger partial charge in [0.2, 0.25) is 0 Å². The summed E-state index contributed by atoms with van der Waals surface area (Å²) in [5.41, 5.74) is 2.68. The molecule has 28 heavy (non-hydrogen) atoms. The molecule has 4 aromatic rings. The quantitative estimate of drug-likeness (QED) is 0.233. The van der Waals surface area contributed by atoms with E-state index >= 15 is 0 Å². The number of benzene rings is 3. The Morgan fingerprint density at radius 2 is 1.71 bits per heavy atom. The number of hydrogen-bond acceptors (Lipinski definition) is 6. The zero-order valence-electron chi connectivity index (χ0n) is 14.8. The fourth-order valence-corrected chi connectivity index (χ4v) is 2.74. The van der Waals surface area contributed by atoms with Crippen molar-refractivity contribution in [3.05, 3.63) is 88.0 Å². The highest BCUT2D eigenvalue weighted by atomic mass is 16.6. The molecule has 0 unspecified atom stereocenters. The third kappa shape index (κ3) is 3.30. The van der Waals surface area contributed by atoms with Gasteiger partial charge in [-0.2, -0.15) is 0 Å². The molecule has 3 aromatic carbocycles. The van der Waals surface area contributed by atoms with Crippen molar-refractivity contribution in [2.24, 2.45) is 0 Å². The number of nitro benzene ring substituents is 1. The van der Waals surface area contributed by atoms with E-state index in [0.717, 1.165) is 5.56 Å². The van der Waals surface area contributed by atoms with E-state index in [2.05, 4.69) is 10.2 Å². The van der Waals surface area contributed by atoms with Crippen molar-refractivity contribution in [3.8, 4) is 11.4 Å². The van der Waals surface area contributed by atoms with E-state index < -0.39 is 10.9 Å². The van der Waals surface area contributed by atoms with Crippen LogP contribution in [-0.2, 0) is 0 Å². The van der Waals surface area contributed by atoms with Crippen LogP contribution in [0.5, 0.6) is 5.75 Å². The van der Waals surface area contributed by atoms with Crippen LogP contribution in [0.4, 0.5) is 5.69 Å². The van der Waals surface area contributed by atoms with Gasteiger partial charge in [-0.1, -0.05) is 24.3 Å². The molecule has 0 radical (unpaired) electrons. The molecule has 0 N–H and O–H groups in total. The summed E-state index contributed by atoms with van der Waals surface area (Å²) in [4.78, 5) is 24.3. The third-order valence-corrected chi connectivity index (χ3v) is 4.11. The highest BCUT2D eigenvalue weighted by Gasteiger charge is 2.17. The van der Waals surface area contributed by atoms with Crippen molar-refractivity contribution in [1.29, 1.82) is 0 Å². The molecule has 0 amide bonds. The van der Waals surface area contributed by atoms with Crippen molar-refractivity contribution in [1.82, 2.24) is 15.0 Å². The van der Waals surface area contributed by atoms with Crippen molar-refractivity contribution < 1.29 is 14.5 Å². The molecule has 1 heterocycles. The number of nitrogens with zero attached hydrogens (tertiary/aromatic N) is 4. The SMILES string of the molecule is Cc1ccc(-n2nc3ccccc3n2)c(OC(=O)c2cccc([N+](=O)[O-])c2)c1. The van der Waals surface area contributed by atoms with E-state index in [-0.39, 0.29) is 17.0 Å². The molecule has 0 aliphatic rings. The Bertz CT molecular complexity index is 1180. The number of carbonyl (C=O) groups excluding carboxylic acids is 1. The van der Waals surface area contributed by atoms with Gasteiger partial charge in [-0.05, 0) is 42.8 Å². The van der Waals surface area contributed by atoms with Gasteiger partial charge >= 0.3 is 5.97 Å². The molecule has 1 aromatic heterocycles. The summed E-state index contributed by atoms with van der Waals surface area (Å²) in [6.07, 6.45) is 0. The van der Waals surface area contributed by atoms with E-state index in [0.29, 0.717) is 16.7 Å². The van der Waals surface area contributed by atoms with Crippen LogP contribution in [0.15, 0.2) is 66.7 Å². The van der Waals surface area contributed by atoms with Gasteiger partial charge in [0, 0.05) is 12.1 Å². The van der Waals surface area contributed by atoms with Gasteiger partial charge in [0.05, 0.1) is 10.5 Å². The second-order valence-corrected chi connectivity index (χ2v) is 6.15. The number of carbonyl (C=O) groups is 1. The predicted molar refractivity (Wildman–Crippen MR) is 102 cm³/mol. The van der Waals surface area contributed by atoms with Crippen LogP contribution in [0, 0.1) is 17.0 Å². The number of esters is 1. The minimum atomic E-state index is -0.702. The Labute approximate surface area is 159 Å². The zero-order chi connectivity index (χ0) is 19.7. The van der Waals surface area contributed by atoms with Crippen molar-refractivity contribution in [2.75, 3.05) is 0 Å². The van der Waals surface area contributed by atoms with Crippen LogP contribution >= 0.6 is 0 Å². The van der Waals surface area contributed by atoms with Crippen LogP contribution in [0.2, 0.25) is 0 Å². The lowest BCUT2D eigenvalue weighted by molar-refractivity contribution is -0.384. The number of rotatable bonds is 4. The number of ether oxygens (including phenoxy) is 1. The molecule has 0 saturated heterocycles. The van der Waals surface area contributed by atoms with Gasteiger partial charge < -0.3 is 4.74 Å². The molecule has 8 heteroatoms. The summed E-state index contributed by atoms with van der Waals surface area (Å²) in [6.45, 7) is 1.86. The normalized spacial score (nSPS) is 10.8. The lowest BCUT2D eigenvalue weighted by Crippen LogP contribution is -2.12. The third-order valence-electron chi connectivity index (χ3n) is 4.11.